The van der Waals surface area contributed by atoms with Crippen LogP contribution in [0.3, 0.4) is 0 Å². The fourth-order valence-electron chi connectivity index (χ4n) is 2.98. The lowest BCUT2D eigenvalue weighted by atomic mass is 9.91. The minimum atomic E-state index is -0.637. The summed E-state index contributed by atoms with van der Waals surface area (Å²) in [5, 5.41) is 10.7. The Morgan fingerprint density at radius 1 is 1.35 bits per heavy atom. The minimum Gasteiger partial charge on any atom is -0.489 e. The minimum absolute atomic E-state index is 0.0350. The molecule has 8 nitrogen and oxygen atoms in total. The Kier molecular flexibility index (Phi) is 4.43. The highest BCUT2D eigenvalue weighted by Crippen LogP contribution is 2.39. The molecule has 2 aliphatic rings. The van der Waals surface area contributed by atoms with Crippen LogP contribution in [0.1, 0.15) is 32.8 Å². The molecule has 0 aromatic heterocycles. The van der Waals surface area contributed by atoms with Crippen molar-refractivity contribution >= 4 is 17.6 Å². The molecule has 138 valence electrons. The molecule has 0 saturated carbocycles. The molecule has 3 rings (SSSR count). The lowest BCUT2D eigenvalue weighted by molar-refractivity contribution is -0.384. The van der Waals surface area contributed by atoms with Gasteiger partial charge in [0.25, 0.3) is 5.69 Å². The van der Waals surface area contributed by atoms with Crippen LogP contribution in [0, 0.1) is 15.5 Å². The van der Waals surface area contributed by atoms with Crippen LogP contribution in [0.2, 0.25) is 0 Å². The summed E-state index contributed by atoms with van der Waals surface area (Å²) >= 11 is 0. The number of esters is 1. The molecule has 1 aromatic carbocycles. The number of rotatable bonds is 4. The van der Waals surface area contributed by atoms with Crippen LogP contribution in [-0.4, -0.2) is 34.3 Å². The third-order valence-electron chi connectivity index (χ3n) is 4.25. The van der Waals surface area contributed by atoms with Gasteiger partial charge in [-0.1, -0.05) is 20.8 Å². The van der Waals surface area contributed by atoms with Crippen LogP contribution in [-0.2, 0) is 25.7 Å². The molecular weight excluding hydrogens is 340 g/mol. The van der Waals surface area contributed by atoms with E-state index in [1.54, 1.807) is 0 Å². The molecule has 1 aromatic rings. The van der Waals surface area contributed by atoms with Gasteiger partial charge in [0.1, 0.15) is 18.5 Å². The first kappa shape index (κ1) is 17.9. The van der Waals surface area contributed by atoms with Crippen molar-refractivity contribution in [1.82, 2.24) is 4.90 Å². The van der Waals surface area contributed by atoms with Crippen molar-refractivity contribution in [3.8, 4) is 0 Å². The number of benzene rings is 1. The number of ether oxygens (including phenoxy) is 2. The van der Waals surface area contributed by atoms with Gasteiger partial charge < -0.3 is 9.47 Å². The fraction of sp³-hybridized carbons (Fsp3) is 0.444. The van der Waals surface area contributed by atoms with Crippen molar-refractivity contribution in [3.05, 3.63) is 51.4 Å². The molecule has 26 heavy (non-hydrogen) atoms. The molecule has 1 fully saturated rings. The summed E-state index contributed by atoms with van der Waals surface area (Å²) in [5.74, 6) is -0.341. The Bertz CT molecular complexity index is 791. The van der Waals surface area contributed by atoms with Crippen LogP contribution < -0.4 is 0 Å². The third-order valence-corrected chi connectivity index (χ3v) is 4.25. The molecule has 2 bridgehead atoms. The molecule has 1 amide bonds. The van der Waals surface area contributed by atoms with Crippen molar-refractivity contribution in [3.63, 3.8) is 0 Å². The van der Waals surface area contributed by atoms with Gasteiger partial charge in [0, 0.05) is 17.5 Å². The van der Waals surface area contributed by atoms with E-state index in [2.05, 4.69) is 0 Å². The fourth-order valence-corrected chi connectivity index (χ4v) is 2.98. The van der Waals surface area contributed by atoms with E-state index in [9.17, 15) is 19.7 Å². The lowest BCUT2D eigenvalue weighted by Crippen LogP contribution is -2.39. The van der Waals surface area contributed by atoms with Gasteiger partial charge >= 0.3 is 5.97 Å². The van der Waals surface area contributed by atoms with E-state index in [4.69, 9.17) is 9.47 Å². The first-order valence-electron chi connectivity index (χ1n) is 8.29. The number of amides is 1. The van der Waals surface area contributed by atoms with Crippen LogP contribution in [0.15, 0.2) is 35.7 Å². The van der Waals surface area contributed by atoms with Gasteiger partial charge in [0.15, 0.2) is 5.70 Å². The Labute approximate surface area is 150 Å². The number of fused-ring (bicyclic) bond motifs is 2. The van der Waals surface area contributed by atoms with Crippen molar-refractivity contribution in [1.29, 1.82) is 0 Å². The molecule has 1 unspecified atom stereocenters. The summed E-state index contributed by atoms with van der Waals surface area (Å²) in [6.45, 7) is 6.01. The Hall–Kier alpha value is -2.90. The SMILES string of the molecule is CC(C)(C)C1=C(C(=O)OCc2ccc([N+](=O)[O-])cc2)N2CC(CC2=O)O1. The third kappa shape index (κ3) is 3.40. The molecule has 8 heteroatoms. The standard InChI is InChI=1S/C18H20N2O6/c1-18(2,3)16-15(19-9-13(26-16)8-14(19)21)17(22)25-10-11-4-6-12(7-5-11)20(23)24/h4-7,13H,8-10H2,1-3H3. The molecule has 2 heterocycles. The average molecular weight is 360 g/mol. The zero-order valence-corrected chi connectivity index (χ0v) is 14.9. The number of non-ortho nitro benzene ring substituents is 1. The monoisotopic (exact) mass is 360 g/mol. The number of nitro benzene ring substituents is 1. The molecule has 1 atom stereocenters. The maximum atomic E-state index is 12.7. The van der Waals surface area contributed by atoms with Gasteiger partial charge in [-0.2, -0.15) is 0 Å². The van der Waals surface area contributed by atoms with Crippen molar-refractivity contribution in [2.24, 2.45) is 5.41 Å². The van der Waals surface area contributed by atoms with Crippen molar-refractivity contribution in [2.45, 2.75) is 39.9 Å². The summed E-state index contributed by atoms with van der Waals surface area (Å²) in [6.07, 6.45) is 0.0153. The van der Waals surface area contributed by atoms with Crippen LogP contribution in [0.5, 0.6) is 0 Å². The number of carbonyl (C=O) groups excluding carboxylic acids is 2. The maximum Gasteiger partial charge on any atom is 0.358 e. The summed E-state index contributed by atoms with van der Waals surface area (Å²) in [7, 11) is 0. The summed E-state index contributed by atoms with van der Waals surface area (Å²) < 4.78 is 11.2. The largest absolute Gasteiger partial charge is 0.489 e. The molecule has 0 radical (unpaired) electrons. The normalized spacial score (nSPS) is 19.4. The van der Waals surface area contributed by atoms with Crippen LogP contribution >= 0.6 is 0 Å². The summed E-state index contributed by atoms with van der Waals surface area (Å²) in [4.78, 5) is 36.5. The predicted molar refractivity (Wildman–Crippen MR) is 90.6 cm³/mol. The summed E-state index contributed by atoms with van der Waals surface area (Å²) in [5.41, 5.74) is 0.276. The number of hydrogen-bond donors (Lipinski definition) is 0. The first-order valence-corrected chi connectivity index (χ1v) is 8.29. The van der Waals surface area contributed by atoms with Crippen molar-refractivity contribution in [2.75, 3.05) is 6.54 Å². The Balaban J connectivity index is 1.79. The molecule has 0 N–H and O–H groups in total. The quantitative estimate of drug-likeness (QED) is 0.465. The van der Waals surface area contributed by atoms with Gasteiger partial charge in [-0.3, -0.25) is 19.8 Å². The second-order valence-corrected chi connectivity index (χ2v) is 7.38. The number of nitrogens with zero attached hydrogens (tertiary/aromatic N) is 2. The second-order valence-electron chi connectivity index (χ2n) is 7.38. The van der Waals surface area contributed by atoms with E-state index in [1.165, 1.54) is 29.2 Å². The predicted octanol–water partition coefficient (Wildman–Crippen LogP) is 2.53. The zero-order chi connectivity index (χ0) is 19.1. The lowest BCUT2D eigenvalue weighted by Gasteiger charge is -2.34. The highest BCUT2D eigenvalue weighted by molar-refractivity contribution is 5.96. The van der Waals surface area contributed by atoms with Gasteiger partial charge in [-0.05, 0) is 17.7 Å². The van der Waals surface area contributed by atoms with E-state index >= 15 is 0 Å². The van der Waals surface area contributed by atoms with E-state index in [0.29, 0.717) is 17.9 Å². The number of hydrogen-bond acceptors (Lipinski definition) is 6. The molecule has 0 spiro atoms. The van der Waals surface area contributed by atoms with E-state index in [1.807, 2.05) is 20.8 Å². The van der Waals surface area contributed by atoms with Gasteiger partial charge in [0.2, 0.25) is 5.91 Å². The molecule has 2 aliphatic heterocycles. The van der Waals surface area contributed by atoms with E-state index in [-0.39, 0.29) is 36.4 Å². The number of allylic oxidation sites excluding steroid dienone is 1. The average Bonchev–Trinajstić information content (AvgIpc) is 2.86. The van der Waals surface area contributed by atoms with Gasteiger partial charge in [0.05, 0.1) is 17.9 Å². The molecular formula is C18H20N2O6. The van der Waals surface area contributed by atoms with Crippen molar-refractivity contribution < 1.29 is 24.0 Å². The highest BCUT2D eigenvalue weighted by Gasteiger charge is 2.45. The van der Waals surface area contributed by atoms with E-state index in [0.717, 1.165) is 0 Å². The van der Waals surface area contributed by atoms with E-state index < -0.39 is 16.3 Å². The highest BCUT2D eigenvalue weighted by atomic mass is 16.6. The summed E-state index contributed by atoms with van der Waals surface area (Å²) in [6, 6.07) is 5.75. The van der Waals surface area contributed by atoms with Gasteiger partial charge in [-0.25, -0.2) is 4.79 Å². The molecule has 1 saturated heterocycles. The zero-order valence-electron chi connectivity index (χ0n) is 14.9. The molecule has 0 aliphatic carbocycles. The van der Waals surface area contributed by atoms with Crippen LogP contribution in [0.25, 0.3) is 0 Å². The first-order chi connectivity index (χ1) is 12.2. The topological polar surface area (TPSA) is 99.0 Å². The second kappa shape index (κ2) is 6.44. The Morgan fingerprint density at radius 3 is 2.58 bits per heavy atom. The van der Waals surface area contributed by atoms with Crippen LogP contribution in [0.4, 0.5) is 5.69 Å². The Morgan fingerprint density at radius 2 is 2.00 bits per heavy atom. The maximum absolute atomic E-state index is 12.7. The number of carbonyl (C=O) groups is 2. The number of nitro groups is 1. The van der Waals surface area contributed by atoms with Gasteiger partial charge in [-0.15, -0.1) is 0 Å². The smallest absolute Gasteiger partial charge is 0.358 e.